The van der Waals surface area contributed by atoms with Gasteiger partial charge in [0, 0.05) is 13.0 Å². The summed E-state index contributed by atoms with van der Waals surface area (Å²) >= 11 is 0. The number of hydrogen-bond donors (Lipinski definition) is 0. The zero-order valence-electron chi connectivity index (χ0n) is 9.16. The largest absolute Gasteiger partial charge is 0.456 e. The van der Waals surface area contributed by atoms with Crippen LogP contribution in [0, 0.1) is 11.8 Å². The minimum absolute atomic E-state index is 0.103. The molecule has 1 aliphatic carbocycles. The molecule has 0 radical (unpaired) electrons. The number of rotatable bonds is 5. The Morgan fingerprint density at radius 1 is 1.60 bits per heavy atom. The summed E-state index contributed by atoms with van der Waals surface area (Å²) < 4.78 is 10.3. The maximum absolute atomic E-state index is 11.9. The quantitative estimate of drug-likeness (QED) is 0.698. The fraction of sp³-hybridized carbons (Fsp3) is 0.583. The third-order valence-corrected chi connectivity index (χ3v) is 2.93. The van der Waals surface area contributed by atoms with Gasteiger partial charge >= 0.3 is 0 Å². The van der Waals surface area contributed by atoms with Crippen LogP contribution < -0.4 is 0 Å². The first-order valence-corrected chi connectivity index (χ1v) is 5.34. The highest BCUT2D eigenvalue weighted by Crippen LogP contribution is 2.38. The maximum Gasteiger partial charge on any atom is 0.201 e. The number of ether oxygens (including phenoxy) is 1. The van der Waals surface area contributed by atoms with Crippen LogP contribution in [0.15, 0.2) is 16.5 Å². The molecule has 0 saturated heterocycles. The van der Waals surface area contributed by atoms with Crippen LogP contribution >= 0.6 is 0 Å². The van der Waals surface area contributed by atoms with Crippen LogP contribution in [0.4, 0.5) is 0 Å². The summed E-state index contributed by atoms with van der Waals surface area (Å²) in [5, 5.41) is 0. The highest BCUT2D eigenvalue weighted by atomic mass is 16.5. The van der Waals surface area contributed by atoms with E-state index in [1.807, 2.05) is 6.92 Å². The van der Waals surface area contributed by atoms with Gasteiger partial charge in [-0.15, -0.1) is 0 Å². The molecule has 1 aromatic rings. The molecule has 1 saturated carbocycles. The van der Waals surface area contributed by atoms with Gasteiger partial charge in [0.05, 0.1) is 0 Å². The molecule has 1 aromatic heterocycles. The lowest BCUT2D eigenvalue weighted by molar-refractivity contribution is 0.0879. The predicted molar refractivity (Wildman–Crippen MR) is 55.6 cm³/mol. The van der Waals surface area contributed by atoms with Crippen LogP contribution in [-0.4, -0.2) is 12.9 Å². The van der Waals surface area contributed by atoms with E-state index in [1.165, 1.54) is 12.8 Å². The monoisotopic (exact) mass is 208 g/mol. The Bertz CT molecular complexity index is 350. The van der Waals surface area contributed by atoms with Gasteiger partial charge in [-0.05, 0) is 30.9 Å². The minimum Gasteiger partial charge on any atom is -0.456 e. The van der Waals surface area contributed by atoms with Crippen molar-refractivity contribution in [3.8, 4) is 0 Å². The first-order chi connectivity index (χ1) is 7.22. The molecule has 1 heterocycles. The number of methoxy groups -OCH3 is 1. The molecular weight excluding hydrogens is 192 g/mol. The summed E-state index contributed by atoms with van der Waals surface area (Å²) in [5.41, 5.74) is 0. The van der Waals surface area contributed by atoms with E-state index in [0.717, 1.165) is 0 Å². The molecule has 1 atom stereocenters. The molecule has 0 aromatic carbocycles. The Labute approximate surface area is 89.4 Å². The second kappa shape index (κ2) is 4.19. The van der Waals surface area contributed by atoms with E-state index in [2.05, 4.69) is 0 Å². The van der Waals surface area contributed by atoms with E-state index in [-0.39, 0.29) is 11.7 Å². The first-order valence-electron chi connectivity index (χ1n) is 5.34. The number of carbonyl (C=O) groups is 1. The summed E-state index contributed by atoms with van der Waals surface area (Å²) in [6, 6.07) is 3.55. The van der Waals surface area contributed by atoms with Crippen molar-refractivity contribution >= 4 is 5.78 Å². The van der Waals surface area contributed by atoms with E-state index in [4.69, 9.17) is 9.15 Å². The van der Waals surface area contributed by atoms with Crippen molar-refractivity contribution in [2.75, 3.05) is 7.11 Å². The van der Waals surface area contributed by atoms with Crippen LogP contribution in [-0.2, 0) is 11.3 Å². The van der Waals surface area contributed by atoms with Gasteiger partial charge in [-0.3, -0.25) is 4.79 Å². The Kier molecular flexibility index (Phi) is 2.91. The number of ketones is 1. The van der Waals surface area contributed by atoms with E-state index in [1.54, 1.807) is 19.2 Å². The molecule has 3 nitrogen and oxygen atoms in total. The van der Waals surface area contributed by atoms with Gasteiger partial charge < -0.3 is 9.15 Å². The topological polar surface area (TPSA) is 39.4 Å². The molecule has 0 bridgehead atoms. The van der Waals surface area contributed by atoms with Gasteiger partial charge in [0.15, 0.2) is 5.76 Å². The second-order valence-corrected chi connectivity index (χ2v) is 4.19. The summed E-state index contributed by atoms with van der Waals surface area (Å²) in [4.78, 5) is 11.9. The van der Waals surface area contributed by atoms with Crippen molar-refractivity contribution in [1.29, 1.82) is 0 Å². The van der Waals surface area contributed by atoms with Gasteiger partial charge in [-0.2, -0.15) is 0 Å². The molecular formula is C12H16O3. The van der Waals surface area contributed by atoms with E-state index >= 15 is 0 Å². The van der Waals surface area contributed by atoms with Gasteiger partial charge in [0.2, 0.25) is 5.78 Å². The number of hydrogen-bond acceptors (Lipinski definition) is 3. The van der Waals surface area contributed by atoms with Crippen molar-refractivity contribution in [3.63, 3.8) is 0 Å². The average molecular weight is 208 g/mol. The zero-order valence-corrected chi connectivity index (χ0v) is 9.16. The molecule has 1 fully saturated rings. The third kappa shape index (κ3) is 2.29. The number of Topliss-reactive ketones (excluding diaryl/α,β-unsaturated/α-hetero) is 1. The smallest absolute Gasteiger partial charge is 0.201 e. The van der Waals surface area contributed by atoms with Gasteiger partial charge in [0.1, 0.15) is 12.4 Å². The molecule has 3 heteroatoms. The van der Waals surface area contributed by atoms with Crippen LogP contribution in [0.3, 0.4) is 0 Å². The summed E-state index contributed by atoms with van der Waals surface area (Å²) in [5.74, 6) is 1.99. The predicted octanol–water partition coefficient (Wildman–Crippen LogP) is 2.65. The molecule has 1 unspecified atom stereocenters. The standard InChI is InChI=1S/C12H16O3/c1-8(9-3-4-9)12(13)11-6-5-10(15-11)7-14-2/h5-6,8-9H,3-4,7H2,1-2H3. The van der Waals surface area contributed by atoms with Crippen molar-refractivity contribution in [1.82, 2.24) is 0 Å². The van der Waals surface area contributed by atoms with Crippen molar-refractivity contribution in [3.05, 3.63) is 23.7 Å². The fourth-order valence-corrected chi connectivity index (χ4v) is 1.76. The lowest BCUT2D eigenvalue weighted by atomic mass is 9.99. The Balaban J connectivity index is 2.04. The van der Waals surface area contributed by atoms with Crippen LogP contribution in [0.25, 0.3) is 0 Å². The minimum atomic E-state index is 0.103. The third-order valence-electron chi connectivity index (χ3n) is 2.93. The van der Waals surface area contributed by atoms with Crippen molar-refractivity contribution in [2.45, 2.75) is 26.4 Å². The molecule has 82 valence electrons. The highest BCUT2D eigenvalue weighted by molar-refractivity contribution is 5.95. The van der Waals surface area contributed by atoms with Crippen LogP contribution in [0.5, 0.6) is 0 Å². The Morgan fingerprint density at radius 2 is 2.33 bits per heavy atom. The lowest BCUT2D eigenvalue weighted by Crippen LogP contribution is -2.12. The maximum atomic E-state index is 11.9. The van der Waals surface area contributed by atoms with E-state index in [0.29, 0.717) is 24.0 Å². The van der Waals surface area contributed by atoms with Crippen LogP contribution in [0.1, 0.15) is 36.1 Å². The Hall–Kier alpha value is -1.09. The summed E-state index contributed by atoms with van der Waals surface area (Å²) in [6.07, 6.45) is 2.36. The normalized spacial score (nSPS) is 17.7. The first kappa shape index (κ1) is 10.4. The molecule has 0 amide bonds. The van der Waals surface area contributed by atoms with Gasteiger partial charge in [-0.1, -0.05) is 6.92 Å². The van der Waals surface area contributed by atoms with Crippen LogP contribution in [0.2, 0.25) is 0 Å². The summed E-state index contributed by atoms with van der Waals surface area (Å²) in [7, 11) is 1.61. The highest BCUT2D eigenvalue weighted by Gasteiger charge is 2.34. The number of carbonyl (C=O) groups excluding carboxylic acids is 1. The second-order valence-electron chi connectivity index (χ2n) is 4.19. The van der Waals surface area contributed by atoms with Crippen molar-refractivity contribution in [2.24, 2.45) is 11.8 Å². The molecule has 15 heavy (non-hydrogen) atoms. The van der Waals surface area contributed by atoms with Gasteiger partial charge in [0.25, 0.3) is 0 Å². The zero-order chi connectivity index (χ0) is 10.8. The average Bonchev–Trinajstić information content (AvgIpc) is 2.98. The SMILES string of the molecule is COCc1ccc(C(=O)C(C)C2CC2)o1. The lowest BCUT2D eigenvalue weighted by Gasteiger charge is -2.05. The molecule has 0 aliphatic heterocycles. The van der Waals surface area contributed by atoms with Crippen molar-refractivity contribution < 1.29 is 13.9 Å². The molecule has 2 rings (SSSR count). The fourth-order valence-electron chi connectivity index (χ4n) is 1.76. The molecule has 0 N–H and O–H groups in total. The summed E-state index contributed by atoms with van der Waals surface area (Å²) in [6.45, 7) is 2.41. The molecule has 0 spiro atoms. The number of furan rings is 1. The van der Waals surface area contributed by atoms with E-state index < -0.39 is 0 Å². The van der Waals surface area contributed by atoms with E-state index in [9.17, 15) is 4.79 Å². The van der Waals surface area contributed by atoms with Gasteiger partial charge in [-0.25, -0.2) is 0 Å². The molecule has 1 aliphatic rings. The Morgan fingerprint density at radius 3 is 2.93 bits per heavy atom.